The Bertz CT molecular complexity index is 1190. The van der Waals surface area contributed by atoms with Crippen molar-refractivity contribution in [3.63, 3.8) is 0 Å². The molecule has 1 aromatic heterocycles. The highest BCUT2D eigenvalue weighted by molar-refractivity contribution is 7.10. The molecule has 5 rings (SSSR count). The summed E-state index contributed by atoms with van der Waals surface area (Å²) < 4.78 is 5.08. The molecular formula is C24H21Cl2N3O3S. The van der Waals surface area contributed by atoms with Crippen LogP contribution in [0.4, 0.5) is 5.69 Å². The molecule has 0 bridgehead atoms. The van der Waals surface area contributed by atoms with Gasteiger partial charge in [-0.15, -0.1) is 11.3 Å². The van der Waals surface area contributed by atoms with Crippen molar-refractivity contribution in [3.05, 3.63) is 86.0 Å². The number of anilines is 1. The standard InChI is InChI=1S/C24H21Cl2N3O3S/c1-2-32-24(31)13-5-8-15(9-6-13)29-22(16-10-7-14(25)12-17(16)26)19-20(18-4-3-11-33-18)27-28-21(19)23(29)30/h3-12,19-22,27-28H,2H2,1H3. The summed E-state index contributed by atoms with van der Waals surface area (Å²) in [5.74, 6) is -0.569. The van der Waals surface area contributed by atoms with Crippen molar-refractivity contribution in [2.75, 3.05) is 11.5 Å². The number of esters is 1. The number of carbonyl (C=O) groups is 2. The summed E-state index contributed by atoms with van der Waals surface area (Å²) in [5, 5.41) is 3.07. The van der Waals surface area contributed by atoms with E-state index in [0.29, 0.717) is 27.9 Å². The summed E-state index contributed by atoms with van der Waals surface area (Å²) in [6.07, 6.45) is 0. The predicted octanol–water partition coefficient (Wildman–Crippen LogP) is 5.15. The van der Waals surface area contributed by atoms with Crippen molar-refractivity contribution in [2.24, 2.45) is 5.92 Å². The maximum absolute atomic E-state index is 13.7. The zero-order valence-corrected chi connectivity index (χ0v) is 20.0. The molecule has 0 radical (unpaired) electrons. The summed E-state index contributed by atoms with van der Waals surface area (Å²) in [6.45, 7) is 2.06. The molecule has 9 heteroatoms. The molecule has 2 aliphatic heterocycles. The molecule has 4 unspecified atom stereocenters. The zero-order valence-electron chi connectivity index (χ0n) is 17.6. The molecular weight excluding hydrogens is 481 g/mol. The van der Waals surface area contributed by atoms with E-state index < -0.39 is 12.0 Å². The van der Waals surface area contributed by atoms with Crippen molar-refractivity contribution in [3.8, 4) is 0 Å². The molecule has 2 N–H and O–H groups in total. The van der Waals surface area contributed by atoms with E-state index in [9.17, 15) is 9.59 Å². The predicted molar refractivity (Wildman–Crippen MR) is 130 cm³/mol. The van der Waals surface area contributed by atoms with Gasteiger partial charge in [0.2, 0.25) is 5.91 Å². The number of benzene rings is 2. The molecule has 0 spiro atoms. The summed E-state index contributed by atoms with van der Waals surface area (Å²) in [4.78, 5) is 28.6. The fourth-order valence-corrected chi connectivity index (χ4v) is 6.05. The minimum absolute atomic E-state index is 0.0635. The number of hydrogen-bond donors (Lipinski definition) is 2. The number of hydrazine groups is 1. The molecule has 2 aliphatic rings. The molecule has 6 nitrogen and oxygen atoms in total. The Morgan fingerprint density at radius 3 is 2.52 bits per heavy atom. The van der Waals surface area contributed by atoms with E-state index in [1.54, 1.807) is 59.6 Å². The van der Waals surface area contributed by atoms with E-state index in [1.165, 1.54) is 0 Å². The number of thiophene rings is 1. The molecule has 3 heterocycles. The maximum atomic E-state index is 13.7. The summed E-state index contributed by atoms with van der Waals surface area (Å²) >= 11 is 14.5. The van der Waals surface area contributed by atoms with Crippen LogP contribution in [0.3, 0.4) is 0 Å². The second kappa shape index (κ2) is 9.08. The first-order chi connectivity index (χ1) is 16.0. The smallest absolute Gasteiger partial charge is 0.338 e. The maximum Gasteiger partial charge on any atom is 0.338 e. The van der Waals surface area contributed by atoms with Crippen LogP contribution in [0.5, 0.6) is 0 Å². The Balaban J connectivity index is 1.59. The average molecular weight is 502 g/mol. The van der Waals surface area contributed by atoms with Gasteiger partial charge >= 0.3 is 5.97 Å². The Morgan fingerprint density at radius 1 is 1.09 bits per heavy atom. The van der Waals surface area contributed by atoms with Crippen molar-refractivity contribution >= 4 is 52.1 Å². The van der Waals surface area contributed by atoms with Crippen LogP contribution in [0, 0.1) is 5.92 Å². The van der Waals surface area contributed by atoms with Crippen LogP contribution in [0.1, 0.15) is 39.8 Å². The Hall–Kier alpha value is -2.42. The highest BCUT2D eigenvalue weighted by atomic mass is 35.5. The molecule has 33 heavy (non-hydrogen) atoms. The zero-order chi connectivity index (χ0) is 23.1. The molecule has 0 aliphatic carbocycles. The van der Waals surface area contributed by atoms with E-state index in [2.05, 4.69) is 16.9 Å². The fraction of sp³-hybridized carbons (Fsp3) is 0.250. The summed E-state index contributed by atoms with van der Waals surface area (Å²) in [6, 6.07) is 15.5. The third kappa shape index (κ3) is 3.94. The molecule has 0 saturated carbocycles. The van der Waals surface area contributed by atoms with Crippen LogP contribution < -0.4 is 15.8 Å². The molecule has 2 saturated heterocycles. The number of amides is 1. The van der Waals surface area contributed by atoms with Gasteiger partial charge in [0.1, 0.15) is 6.04 Å². The minimum atomic E-state index is -0.432. The van der Waals surface area contributed by atoms with Crippen molar-refractivity contribution in [1.82, 2.24) is 10.9 Å². The lowest BCUT2D eigenvalue weighted by Gasteiger charge is -2.31. The Morgan fingerprint density at radius 2 is 1.85 bits per heavy atom. The van der Waals surface area contributed by atoms with Gasteiger partial charge in [-0.05, 0) is 60.3 Å². The third-order valence-electron chi connectivity index (χ3n) is 6.10. The van der Waals surface area contributed by atoms with Gasteiger partial charge in [-0.1, -0.05) is 35.3 Å². The van der Waals surface area contributed by atoms with E-state index in [1.807, 2.05) is 17.5 Å². The number of rotatable bonds is 5. The van der Waals surface area contributed by atoms with E-state index in [0.717, 1.165) is 10.4 Å². The number of fused-ring (bicyclic) bond motifs is 1. The van der Waals surface area contributed by atoms with Crippen molar-refractivity contribution < 1.29 is 14.3 Å². The molecule has 4 atom stereocenters. The number of nitrogens with one attached hydrogen (secondary N) is 2. The van der Waals surface area contributed by atoms with E-state index in [4.69, 9.17) is 27.9 Å². The molecule has 3 aromatic rings. The van der Waals surface area contributed by atoms with Crippen LogP contribution in [0.15, 0.2) is 60.0 Å². The molecule has 2 aromatic carbocycles. The quantitative estimate of drug-likeness (QED) is 0.472. The van der Waals surface area contributed by atoms with Crippen LogP contribution in [0.2, 0.25) is 10.0 Å². The lowest BCUT2D eigenvalue weighted by Crippen LogP contribution is -2.41. The van der Waals surface area contributed by atoms with Crippen LogP contribution in [0.25, 0.3) is 0 Å². The van der Waals surface area contributed by atoms with E-state index in [-0.39, 0.29) is 23.9 Å². The average Bonchev–Trinajstić information content (AvgIpc) is 3.52. The minimum Gasteiger partial charge on any atom is -0.462 e. The topological polar surface area (TPSA) is 70.7 Å². The second-order valence-electron chi connectivity index (χ2n) is 7.92. The van der Waals surface area contributed by atoms with Gasteiger partial charge in [0.15, 0.2) is 0 Å². The highest BCUT2D eigenvalue weighted by Crippen LogP contribution is 2.51. The lowest BCUT2D eigenvalue weighted by atomic mass is 9.85. The molecule has 2 fully saturated rings. The summed E-state index contributed by atoms with van der Waals surface area (Å²) in [5.41, 5.74) is 8.46. The van der Waals surface area contributed by atoms with Gasteiger partial charge in [0.05, 0.1) is 24.3 Å². The number of hydrogen-bond acceptors (Lipinski definition) is 6. The highest BCUT2D eigenvalue weighted by Gasteiger charge is 2.56. The molecule has 170 valence electrons. The van der Waals surface area contributed by atoms with Crippen molar-refractivity contribution in [2.45, 2.75) is 25.0 Å². The normalized spacial score (nSPS) is 24.2. The number of ether oxygens (including phenoxy) is 1. The van der Waals surface area contributed by atoms with Crippen LogP contribution in [-0.4, -0.2) is 24.5 Å². The second-order valence-corrected chi connectivity index (χ2v) is 9.75. The first-order valence-electron chi connectivity index (χ1n) is 10.6. The van der Waals surface area contributed by atoms with E-state index >= 15 is 0 Å². The number of carbonyl (C=O) groups excluding carboxylic acids is 2. The molecule has 1 amide bonds. The van der Waals surface area contributed by atoms with Crippen LogP contribution >= 0.6 is 34.5 Å². The van der Waals surface area contributed by atoms with Gasteiger partial charge in [0, 0.05) is 26.5 Å². The number of nitrogens with zero attached hydrogens (tertiary/aromatic N) is 1. The largest absolute Gasteiger partial charge is 0.462 e. The third-order valence-corrected chi connectivity index (χ3v) is 7.62. The first kappa shape index (κ1) is 22.4. The fourth-order valence-electron chi connectivity index (χ4n) is 4.69. The number of halogens is 2. The van der Waals surface area contributed by atoms with Gasteiger partial charge in [-0.25, -0.2) is 15.6 Å². The van der Waals surface area contributed by atoms with Crippen LogP contribution in [-0.2, 0) is 9.53 Å². The Labute approximate surface area is 205 Å². The monoisotopic (exact) mass is 501 g/mol. The first-order valence-corrected chi connectivity index (χ1v) is 12.2. The van der Waals surface area contributed by atoms with Gasteiger partial charge < -0.3 is 9.64 Å². The van der Waals surface area contributed by atoms with Gasteiger partial charge in [-0.2, -0.15) is 0 Å². The van der Waals surface area contributed by atoms with Gasteiger partial charge in [0.25, 0.3) is 0 Å². The Kier molecular flexibility index (Phi) is 6.16. The van der Waals surface area contributed by atoms with Gasteiger partial charge in [-0.3, -0.25) is 4.79 Å². The van der Waals surface area contributed by atoms with Crippen molar-refractivity contribution in [1.29, 1.82) is 0 Å². The lowest BCUT2D eigenvalue weighted by molar-refractivity contribution is -0.119. The summed E-state index contributed by atoms with van der Waals surface area (Å²) in [7, 11) is 0. The SMILES string of the molecule is CCOC(=O)c1ccc(N2C(=O)C3NNC(c4cccs4)C3C2c2ccc(Cl)cc2Cl)cc1.